The molecular weight excluding hydrogens is 346 g/mol. The largest absolute Gasteiger partial charge is 0.481 e. The number of anilines is 1. The van der Waals surface area contributed by atoms with Gasteiger partial charge in [0.1, 0.15) is 17.7 Å². The highest BCUT2D eigenvalue weighted by atomic mass is 16.5. The number of pyridine rings is 1. The minimum Gasteiger partial charge on any atom is -0.481 e. The molecule has 2 saturated heterocycles. The van der Waals surface area contributed by atoms with Crippen LogP contribution in [0.2, 0.25) is 0 Å². The van der Waals surface area contributed by atoms with Crippen LogP contribution in [0.4, 0.5) is 5.82 Å². The molecule has 8 heteroatoms. The van der Waals surface area contributed by atoms with Gasteiger partial charge in [-0.1, -0.05) is 0 Å². The van der Waals surface area contributed by atoms with Crippen molar-refractivity contribution in [2.45, 2.75) is 18.4 Å². The van der Waals surface area contributed by atoms with Crippen LogP contribution in [0.3, 0.4) is 0 Å². The van der Waals surface area contributed by atoms with Crippen LogP contribution in [-0.2, 0) is 4.74 Å². The summed E-state index contributed by atoms with van der Waals surface area (Å²) in [7, 11) is 1.60. The molecule has 1 N–H and O–H groups in total. The highest BCUT2D eigenvalue weighted by Gasteiger charge is 2.47. The first-order chi connectivity index (χ1) is 13.2. The maximum atomic E-state index is 12.1. The maximum Gasteiger partial charge on any atom is 0.252 e. The number of carbonyl (C=O) groups is 1. The summed E-state index contributed by atoms with van der Waals surface area (Å²) >= 11 is 0. The quantitative estimate of drug-likeness (QED) is 0.849. The fraction of sp³-hybridized carbons (Fsp3) is 0.474. The summed E-state index contributed by atoms with van der Waals surface area (Å²) in [5.41, 5.74) is 0.489. The van der Waals surface area contributed by atoms with Gasteiger partial charge in [0, 0.05) is 25.0 Å². The predicted molar refractivity (Wildman–Crippen MR) is 98.8 cm³/mol. The van der Waals surface area contributed by atoms with E-state index in [-0.39, 0.29) is 11.5 Å². The van der Waals surface area contributed by atoms with Gasteiger partial charge < -0.3 is 19.7 Å². The van der Waals surface area contributed by atoms with E-state index in [0.29, 0.717) is 30.5 Å². The van der Waals surface area contributed by atoms with Crippen molar-refractivity contribution in [3.8, 4) is 5.88 Å². The first-order valence-electron chi connectivity index (χ1n) is 9.11. The molecule has 0 aliphatic carbocycles. The highest BCUT2D eigenvalue weighted by Crippen LogP contribution is 2.38. The van der Waals surface area contributed by atoms with Crippen molar-refractivity contribution in [3.05, 3.63) is 42.5 Å². The fourth-order valence-corrected chi connectivity index (χ4v) is 3.59. The van der Waals surface area contributed by atoms with Crippen molar-refractivity contribution in [2.75, 3.05) is 38.3 Å². The molecule has 8 nitrogen and oxygen atoms in total. The zero-order chi connectivity index (χ0) is 18.7. The molecule has 2 fully saturated rings. The number of methoxy groups -OCH3 is 1. The smallest absolute Gasteiger partial charge is 0.252 e. The van der Waals surface area contributed by atoms with Crippen molar-refractivity contribution in [2.24, 2.45) is 5.92 Å². The van der Waals surface area contributed by atoms with E-state index < -0.39 is 0 Å². The van der Waals surface area contributed by atoms with Gasteiger partial charge in [0.05, 0.1) is 32.4 Å². The van der Waals surface area contributed by atoms with Gasteiger partial charge in [-0.25, -0.2) is 9.97 Å². The Kier molecular flexibility index (Phi) is 4.89. The molecule has 4 heterocycles. The Morgan fingerprint density at radius 1 is 1.44 bits per heavy atom. The first kappa shape index (κ1) is 17.7. The molecule has 27 heavy (non-hydrogen) atoms. The van der Waals surface area contributed by atoms with Gasteiger partial charge in [-0.05, 0) is 30.9 Å². The van der Waals surface area contributed by atoms with Gasteiger partial charge in [-0.15, -0.1) is 0 Å². The SMILES string of the molecule is COc1cc(N2CC3(CC[C@@H](CNC(=O)c4cccnc4)CO3)C2)ncn1. The molecule has 0 unspecified atom stereocenters. The lowest BCUT2D eigenvalue weighted by Crippen LogP contribution is -2.65. The van der Waals surface area contributed by atoms with Crippen LogP contribution in [-0.4, -0.2) is 59.8 Å². The Labute approximate surface area is 157 Å². The summed E-state index contributed by atoms with van der Waals surface area (Å²) in [5, 5.41) is 2.98. The molecule has 0 aromatic carbocycles. The monoisotopic (exact) mass is 369 g/mol. The van der Waals surface area contributed by atoms with E-state index in [1.165, 1.54) is 6.33 Å². The van der Waals surface area contributed by atoms with Crippen molar-refractivity contribution in [3.63, 3.8) is 0 Å². The summed E-state index contributed by atoms with van der Waals surface area (Å²) in [4.78, 5) is 26.6. The summed E-state index contributed by atoms with van der Waals surface area (Å²) in [6.45, 7) is 2.93. The molecule has 2 aliphatic rings. The second-order valence-electron chi connectivity index (χ2n) is 7.13. The average molecular weight is 369 g/mol. The van der Waals surface area contributed by atoms with E-state index in [0.717, 1.165) is 31.7 Å². The van der Waals surface area contributed by atoms with Crippen LogP contribution in [0.5, 0.6) is 5.88 Å². The normalized spacial score (nSPS) is 20.8. The zero-order valence-corrected chi connectivity index (χ0v) is 15.3. The van der Waals surface area contributed by atoms with Gasteiger partial charge in [0.25, 0.3) is 5.91 Å². The maximum absolute atomic E-state index is 12.1. The Balaban J connectivity index is 1.23. The number of rotatable bonds is 5. The summed E-state index contributed by atoms with van der Waals surface area (Å²) in [5.74, 6) is 1.68. The standard InChI is InChI=1S/C19H23N5O3/c1-26-17-7-16(22-13-23-17)24-11-19(12-24)5-4-14(10-27-19)8-21-18(25)15-3-2-6-20-9-15/h2-3,6-7,9,13-14H,4-5,8,10-12H2,1H3,(H,21,25)/t14-/m0/s1. The van der Waals surface area contributed by atoms with E-state index in [2.05, 4.69) is 25.2 Å². The van der Waals surface area contributed by atoms with Crippen LogP contribution >= 0.6 is 0 Å². The van der Waals surface area contributed by atoms with Crippen molar-refractivity contribution in [1.82, 2.24) is 20.3 Å². The lowest BCUT2D eigenvalue weighted by Gasteiger charge is -2.53. The Hall–Kier alpha value is -2.74. The van der Waals surface area contributed by atoms with Gasteiger partial charge >= 0.3 is 0 Å². The number of carbonyl (C=O) groups excluding carboxylic acids is 1. The number of amides is 1. The zero-order valence-electron chi connectivity index (χ0n) is 15.3. The number of hydrogen-bond acceptors (Lipinski definition) is 7. The van der Waals surface area contributed by atoms with Crippen LogP contribution in [0.25, 0.3) is 0 Å². The van der Waals surface area contributed by atoms with E-state index in [1.54, 1.807) is 31.6 Å². The Morgan fingerprint density at radius 3 is 3.04 bits per heavy atom. The van der Waals surface area contributed by atoms with E-state index >= 15 is 0 Å². The lowest BCUT2D eigenvalue weighted by molar-refractivity contribution is -0.115. The molecule has 0 saturated carbocycles. The first-order valence-corrected chi connectivity index (χ1v) is 9.11. The second kappa shape index (κ2) is 7.48. The highest BCUT2D eigenvalue weighted by molar-refractivity contribution is 5.93. The molecule has 0 radical (unpaired) electrons. The number of nitrogens with one attached hydrogen (secondary N) is 1. The van der Waals surface area contributed by atoms with Crippen LogP contribution in [0.15, 0.2) is 36.9 Å². The fourth-order valence-electron chi connectivity index (χ4n) is 3.59. The second-order valence-corrected chi connectivity index (χ2v) is 7.13. The molecule has 1 atom stereocenters. The minimum absolute atomic E-state index is 0.0871. The molecule has 2 aliphatic heterocycles. The Morgan fingerprint density at radius 2 is 2.33 bits per heavy atom. The van der Waals surface area contributed by atoms with Gasteiger partial charge in [-0.3, -0.25) is 9.78 Å². The predicted octanol–water partition coefficient (Wildman–Crippen LogP) is 1.30. The number of hydrogen-bond donors (Lipinski definition) is 1. The van der Waals surface area contributed by atoms with E-state index in [1.807, 2.05) is 6.07 Å². The third kappa shape index (κ3) is 3.85. The molecule has 1 spiro atoms. The summed E-state index contributed by atoms with van der Waals surface area (Å²) < 4.78 is 11.3. The molecule has 0 bridgehead atoms. The third-order valence-electron chi connectivity index (χ3n) is 5.23. The van der Waals surface area contributed by atoms with Gasteiger partial charge in [-0.2, -0.15) is 0 Å². The minimum atomic E-state index is -0.0952. The van der Waals surface area contributed by atoms with E-state index in [9.17, 15) is 4.79 Å². The number of ether oxygens (including phenoxy) is 2. The topological polar surface area (TPSA) is 89.5 Å². The number of aromatic nitrogens is 3. The molecular formula is C19H23N5O3. The summed E-state index contributed by atoms with van der Waals surface area (Å²) in [6.07, 6.45) is 6.77. The average Bonchev–Trinajstić information content (AvgIpc) is 2.71. The van der Waals surface area contributed by atoms with Crippen molar-refractivity contribution < 1.29 is 14.3 Å². The molecule has 2 aromatic rings. The van der Waals surface area contributed by atoms with Gasteiger partial charge in [0.2, 0.25) is 5.88 Å². The number of nitrogens with zero attached hydrogens (tertiary/aromatic N) is 4. The van der Waals surface area contributed by atoms with Gasteiger partial charge in [0.15, 0.2) is 0 Å². The lowest BCUT2D eigenvalue weighted by atomic mass is 9.83. The summed E-state index contributed by atoms with van der Waals surface area (Å²) in [6, 6.07) is 5.37. The molecule has 1 amide bonds. The van der Waals surface area contributed by atoms with Crippen LogP contribution in [0, 0.1) is 5.92 Å². The van der Waals surface area contributed by atoms with Crippen molar-refractivity contribution in [1.29, 1.82) is 0 Å². The molecule has 2 aromatic heterocycles. The molecule has 4 rings (SSSR count). The van der Waals surface area contributed by atoms with Crippen molar-refractivity contribution >= 4 is 11.7 Å². The van der Waals surface area contributed by atoms with Crippen LogP contribution < -0.4 is 15.0 Å². The van der Waals surface area contributed by atoms with E-state index in [4.69, 9.17) is 9.47 Å². The Bertz CT molecular complexity index is 785. The van der Waals surface area contributed by atoms with Crippen LogP contribution in [0.1, 0.15) is 23.2 Å². The third-order valence-corrected chi connectivity index (χ3v) is 5.23. The molecule has 142 valence electrons.